The van der Waals surface area contributed by atoms with Crippen molar-refractivity contribution in [1.29, 1.82) is 0 Å². The Kier molecular flexibility index (Phi) is 2.65. The first-order chi connectivity index (χ1) is 6.76. The van der Waals surface area contributed by atoms with Crippen molar-refractivity contribution in [3.63, 3.8) is 0 Å². The highest BCUT2D eigenvalue weighted by molar-refractivity contribution is 9.10. The van der Waals surface area contributed by atoms with Crippen molar-refractivity contribution in [3.8, 4) is 11.5 Å². The van der Waals surface area contributed by atoms with E-state index in [1.165, 1.54) is 0 Å². The van der Waals surface area contributed by atoms with E-state index >= 15 is 0 Å². The van der Waals surface area contributed by atoms with E-state index in [1.54, 1.807) is 14.2 Å². The molecule has 1 unspecified atom stereocenters. The first-order valence-corrected chi connectivity index (χ1v) is 5.08. The molecule has 1 atom stereocenters. The van der Waals surface area contributed by atoms with E-state index in [2.05, 4.69) is 15.9 Å². The molecule has 1 fully saturated rings. The molecule has 14 heavy (non-hydrogen) atoms. The Morgan fingerprint density at radius 2 is 2.07 bits per heavy atom. The van der Waals surface area contributed by atoms with Gasteiger partial charge in [0.15, 0.2) is 0 Å². The van der Waals surface area contributed by atoms with E-state index in [9.17, 15) is 0 Å². The van der Waals surface area contributed by atoms with Crippen molar-refractivity contribution in [2.75, 3.05) is 20.8 Å². The molecule has 1 aliphatic rings. The van der Waals surface area contributed by atoms with Gasteiger partial charge in [0.2, 0.25) is 0 Å². The summed E-state index contributed by atoms with van der Waals surface area (Å²) in [5, 5.41) is 0. The molecule has 0 N–H and O–H groups in total. The average Bonchev–Trinajstić information content (AvgIpc) is 3.00. The second-order valence-electron chi connectivity index (χ2n) is 3.05. The Labute approximate surface area is 91.1 Å². The fraction of sp³-hybridized carbons (Fsp3) is 0.400. The topological polar surface area (TPSA) is 31.0 Å². The molecule has 0 aromatic heterocycles. The van der Waals surface area contributed by atoms with Crippen molar-refractivity contribution in [2.45, 2.75) is 6.10 Å². The van der Waals surface area contributed by atoms with Crippen LogP contribution >= 0.6 is 15.9 Å². The van der Waals surface area contributed by atoms with Gasteiger partial charge in [0.1, 0.15) is 17.6 Å². The number of rotatable bonds is 3. The SMILES string of the molecule is COc1cc(Br)c(C2CO2)c(OC)c1. The summed E-state index contributed by atoms with van der Waals surface area (Å²) in [6.07, 6.45) is 0.172. The van der Waals surface area contributed by atoms with Crippen LogP contribution in [0.2, 0.25) is 0 Å². The second-order valence-corrected chi connectivity index (χ2v) is 3.90. The molecule has 1 saturated heterocycles. The standard InChI is InChI=1S/C10H11BrO3/c1-12-6-3-7(11)10(9-5-14-9)8(4-6)13-2/h3-4,9H,5H2,1-2H3. The molecule has 1 aromatic carbocycles. The predicted octanol–water partition coefficient (Wildman–Crippen LogP) is 2.54. The monoisotopic (exact) mass is 258 g/mol. The van der Waals surface area contributed by atoms with E-state index in [4.69, 9.17) is 14.2 Å². The van der Waals surface area contributed by atoms with Gasteiger partial charge in [0.05, 0.1) is 20.8 Å². The number of halogens is 1. The maximum Gasteiger partial charge on any atom is 0.129 e. The van der Waals surface area contributed by atoms with Crippen molar-refractivity contribution < 1.29 is 14.2 Å². The summed E-state index contributed by atoms with van der Waals surface area (Å²) in [4.78, 5) is 0. The second kappa shape index (κ2) is 3.79. The van der Waals surface area contributed by atoms with Crippen LogP contribution in [0, 0.1) is 0 Å². The van der Waals surface area contributed by atoms with Crippen LogP contribution in [0.5, 0.6) is 11.5 Å². The Bertz CT molecular complexity index is 347. The first kappa shape index (κ1) is 9.80. The molecule has 2 rings (SSSR count). The fourth-order valence-electron chi connectivity index (χ4n) is 1.38. The Morgan fingerprint density at radius 1 is 1.36 bits per heavy atom. The zero-order valence-electron chi connectivity index (χ0n) is 8.04. The maximum absolute atomic E-state index is 5.28. The summed E-state index contributed by atoms with van der Waals surface area (Å²) in [5.74, 6) is 1.58. The lowest BCUT2D eigenvalue weighted by Gasteiger charge is -2.10. The third kappa shape index (κ3) is 1.72. The zero-order valence-corrected chi connectivity index (χ0v) is 9.63. The minimum absolute atomic E-state index is 0.172. The molecular formula is C10H11BrO3. The maximum atomic E-state index is 5.28. The molecule has 0 spiro atoms. The van der Waals surface area contributed by atoms with Crippen molar-refractivity contribution in [3.05, 3.63) is 22.2 Å². The van der Waals surface area contributed by atoms with Crippen LogP contribution in [-0.2, 0) is 4.74 Å². The largest absolute Gasteiger partial charge is 0.497 e. The van der Waals surface area contributed by atoms with Gasteiger partial charge in [-0.25, -0.2) is 0 Å². The molecule has 0 bridgehead atoms. The quantitative estimate of drug-likeness (QED) is 0.781. The summed E-state index contributed by atoms with van der Waals surface area (Å²) in [6.45, 7) is 0.765. The minimum Gasteiger partial charge on any atom is -0.497 e. The van der Waals surface area contributed by atoms with E-state index < -0.39 is 0 Å². The van der Waals surface area contributed by atoms with Crippen LogP contribution < -0.4 is 9.47 Å². The predicted molar refractivity (Wildman–Crippen MR) is 55.9 cm³/mol. The lowest BCUT2D eigenvalue weighted by atomic mass is 10.1. The molecule has 1 heterocycles. The molecular weight excluding hydrogens is 248 g/mol. The lowest BCUT2D eigenvalue weighted by molar-refractivity contribution is 0.374. The van der Waals surface area contributed by atoms with Gasteiger partial charge < -0.3 is 14.2 Å². The van der Waals surface area contributed by atoms with Crippen LogP contribution in [0.1, 0.15) is 11.7 Å². The van der Waals surface area contributed by atoms with E-state index in [1.807, 2.05) is 12.1 Å². The fourth-order valence-corrected chi connectivity index (χ4v) is 2.06. The number of methoxy groups -OCH3 is 2. The molecule has 76 valence electrons. The highest BCUT2D eigenvalue weighted by Crippen LogP contribution is 2.43. The number of hydrogen-bond donors (Lipinski definition) is 0. The number of benzene rings is 1. The van der Waals surface area contributed by atoms with Gasteiger partial charge in [-0.2, -0.15) is 0 Å². The smallest absolute Gasteiger partial charge is 0.129 e. The van der Waals surface area contributed by atoms with Gasteiger partial charge in [-0.1, -0.05) is 15.9 Å². The number of ether oxygens (including phenoxy) is 3. The minimum atomic E-state index is 0.172. The molecule has 0 radical (unpaired) electrons. The zero-order chi connectivity index (χ0) is 10.1. The van der Waals surface area contributed by atoms with Gasteiger partial charge in [-0.3, -0.25) is 0 Å². The number of hydrogen-bond acceptors (Lipinski definition) is 3. The van der Waals surface area contributed by atoms with Gasteiger partial charge in [0.25, 0.3) is 0 Å². The summed E-state index contributed by atoms with van der Waals surface area (Å²) in [7, 11) is 3.28. The third-order valence-electron chi connectivity index (χ3n) is 2.18. The van der Waals surface area contributed by atoms with Gasteiger partial charge in [-0.05, 0) is 6.07 Å². The van der Waals surface area contributed by atoms with E-state index in [-0.39, 0.29) is 6.10 Å². The van der Waals surface area contributed by atoms with Crippen molar-refractivity contribution in [2.24, 2.45) is 0 Å². The van der Waals surface area contributed by atoms with Crippen LogP contribution in [0.25, 0.3) is 0 Å². The molecule has 0 saturated carbocycles. The van der Waals surface area contributed by atoms with Gasteiger partial charge in [0, 0.05) is 16.1 Å². The molecule has 1 aromatic rings. The van der Waals surface area contributed by atoms with E-state index in [0.29, 0.717) is 0 Å². The first-order valence-electron chi connectivity index (χ1n) is 4.29. The van der Waals surface area contributed by atoms with Gasteiger partial charge in [-0.15, -0.1) is 0 Å². The van der Waals surface area contributed by atoms with Crippen LogP contribution in [-0.4, -0.2) is 20.8 Å². The van der Waals surface area contributed by atoms with Crippen molar-refractivity contribution >= 4 is 15.9 Å². The summed E-state index contributed by atoms with van der Waals surface area (Å²) >= 11 is 3.48. The van der Waals surface area contributed by atoms with Crippen LogP contribution in [0.4, 0.5) is 0 Å². The molecule has 0 aliphatic carbocycles. The Morgan fingerprint density at radius 3 is 2.57 bits per heavy atom. The Hall–Kier alpha value is -0.740. The summed E-state index contributed by atoms with van der Waals surface area (Å²) in [6, 6.07) is 3.78. The van der Waals surface area contributed by atoms with E-state index in [0.717, 1.165) is 28.1 Å². The highest BCUT2D eigenvalue weighted by atomic mass is 79.9. The lowest BCUT2D eigenvalue weighted by Crippen LogP contribution is -1.94. The molecule has 1 aliphatic heterocycles. The Balaban J connectivity index is 2.46. The normalized spacial score (nSPS) is 19.2. The van der Waals surface area contributed by atoms with Crippen LogP contribution in [0.3, 0.4) is 0 Å². The van der Waals surface area contributed by atoms with Crippen molar-refractivity contribution in [1.82, 2.24) is 0 Å². The molecule has 3 nitrogen and oxygen atoms in total. The average molecular weight is 259 g/mol. The third-order valence-corrected chi connectivity index (χ3v) is 2.83. The molecule has 4 heteroatoms. The summed E-state index contributed by atoms with van der Waals surface area (Å²) in [5.41, 5.74) is 1.06. The highest BCUT2D eigenvalue weighted by Gasteiger charge is 2.30. The molecule has 0 amide bonds. The van der Waals surface area contributed by atoms with Gasteiger partial charge >= 0.3 is 0 Å². The van der Waals surface area contributed by atoms with Crippen LogP contribution in [0.15, 0.2) is 16.6 Å². The summed E-state index contributed by atoms with van der Waals surface area (Å²) < 4.78 is 16.6. The number of epoxide rings is 1.